The third-order valence-corrected chi connectivity index (χ3v) is 10.0. The Bertz CT molecular complexity index is 2000. The lowest BCUT2D eigenvalue weighted by atomic mass is 9.98. The molecule has 2 heterocycles. The van der Waals surface area contributed by atoms with E-state index in [1.54, 1.807) is 0 Å². The first-order chi connectivity index (χ1) is 25.6. The van der Waals surface area contributed by atoms with Crippen molar-refractivity contribution in [1.29, 1.82) is 0 Å². The highest BCUT2D eigenvalue weighted by Crippen LogP contribution is 2.44. The molecule has 272 valence electrons. The third kappa shape index (κ3) is 8.59. The first kappa shape index (κ1) is 36.9. The minimum absolute atomic E-state index is 0.0184. The first-order valence-corrected chi connectivity index (χ1v) is 17.6. The minimum Gasteiger partial charge on any atom is -0.489 e. The second-order valence-electron chi connectivity index (χ2n) is 12.2. The van der Waals surface area contributed by atoms with Crippen molar-refractivity contribution in [3.8, 4) is 16.9 Å². The molecule has 0 aliphatic carbocycles. The van der Waals surface area contributed by atoms with Gasteiger partial charge in [-0.1, -0.05) is 97.1 Å². The zero-order valence-corrected chi connectivity index (χ0v) is 29.6. The molecule has 2 aliphatic heterocycles. The number of ether oxygens (including phenoxy) is 4. The van der Waals surface area contributed by atoms with Crippen molar-refractivity contribution in [3.05, 3.63) is 137 Å². The summed E-state index contributed by atoms with van der Waals surface area (Å²) < 4.78 is 22.1. The van der Waals surface area contributed by atoms with E-state index >= 15 is 0 Å². The third-order valence-electron chi connectivity index (χ3n) is 8.62. The van der Waals surface area contributed by atoms with Crippen molar-refractivity contribution < 1.29 is 48.0 Å². The molecular formula is C40H36N2O10S. The van der Waals surface area contributed by atoms with Gasteiger partial charge in [0.1, 0.15) is 41.8 Å². The highest BCUT2D eigenvalue weighted by Gasteiger charge is 2.56. The van der Waals surface area contributed by atoms with Gasteiger partial charge in [0.05, 0.1) is 0 Å². The molecule has 0 aromatic heterocycles. The number of rotatable bonds is 14. The summed E-state index contributed by atoms with van der Waals surface area (Å²) >= 11 is 1.04. The molecule has 6 rings (SSSR count). The quantitative estimate of drug-likeness (QED) is 0.0993. The molecule has 53 heavy (non-hydrogen) atoms. The van der Waals surface area contributed by atoms with E-state index in [1.807, 2.05) is 109 Å². The van der Waals surface area contributed by atoms with Gasteiger partial charge in [-0.2, -0.15) is 0 Å². The van der Waals surface area contributed by atoms with Gasteiger partial charge >= 0.3 is 17.9 Å². The molecule has 1 saturated heterocycles. The highest BCUT2D eigenvalue weighted by atomic mass is 32.2. The number of β-lactam (4-membered cyclic amide) rings is 1. The van der Waals surface area contributed by atoms with E-state index in [0.29, 0.717) is 17.7 Å². The van der Waals surface area contributed by atoms with Crippen LogP contribution in [0.1, 0.15) is 36.1 Å². The molecule has 4 atom stereocenters. The Morgan fingerprint density at radius 1 is 0.830 bits per heavy atom. The summed E-state index contributed by atoms with van der Waals surface area (Å²) in [5.74, 6) is -3.54. The fourth-order valence-corrected chi connectivity index (χ4v) is 7.53. The smallest absolute Gasteiger partial charge is 0.352 e. The van der Waals surface area contributed by atoms with Crippen molar-refractivity contribution in [1.82, 2.24) is 10.2 Å². The number of benzene rings is 4. The molecule has 2 amide bonds. The number of nitrogens with zero attached hydrogens (tertiary/aromatic N) is 1. The fourth-order valence-electron chi connectivity index (χ4n) is 6.00. The largest absolute Gasteiger partial charge is 0.489 e. The van der Waals surface area contributed by atoms with Crippen LogP contribution in [0, 0.1) is 0 Å². The summed E-state index contributed by atoms with van der Waals surface area (Å²) in [6, 6.07) is 34.3. The number of hydrogen-bond donors (Lipinski definition) is 2. The number of hydrogen-bond acceptors (Lipinski definition) is 10. The van der Waals surface area contributed by atoms with Crippen molar-refractivity contribution in [2.45, 2.75) is 42.9 Å². The van der Waals surface area contributed by atoms with Crippen LogP contribution in [0.3, 0.4) is 0 Å². The van der Waals surface area contributed by atoms with Crippen LogP contribution in [0.15, 0.2) is 120 Å². The molecule has 2 unspecified atom stereocenters. The van der Waals surface area contributed by atoms with Crippen LogP contribution in [-0.2, 0) is 44.8 Å². The van der Waals surface area contributed by atoms with Crippen molar-refractivity contribution in [3.63, 3.8) is 0 Å². The number of carboxylic acids is 1. The van der Waals surface area contributed by atoms with E-state index in [1.165, 1.54) is 7.11 Å². The van der Waals surface area contributed by atoms with Crippen LogP contribution in [0.4, 0.5) is 0 Å². The van der Waals surface area contributed by atoms with Gasteiger partial charge in [0.25, 0.3) is 5.91 Å². The molecule has 4 aromatic rings. The van der Waals surface area contributed by atoms with Crippen LogP contribution in [0.2, 0.25) is 0 Å². The molecule has 0 radical (unpaired) electrons. The average molecular weight is 737 g/mol. The first-order valence-electron chi connectivity index (χ1n) is 16.6. The zero-order valence-electron chi connectivity index (χ0n) is 28.8. The number of fused-ring (bicyclic) bond motifs is 1. The minimum atomic E-state index is -1.44. The zero-order chi connectivity index (χ0) is 37.5. The summed E-state index contributed by atoms with van der Waals surface area (Å²) in [7, 11) is 1.32. The number of carbonyl (C=O) groups is 5. The normalized spacial score (nSPS) is 18.3. The Kier molecular flexibility index (Phi) is 11.6. The lowest BCUT2D eigenvalue weighted by molar-refractivity contribution is -0.162. The molecule has 2 aliphatic rings. The fraction of sp³-hybridized carbons (Fsp3) is 0.225. The molecule has 4 aromatic carbocycles. The Labute approximate surface area is 309 Å². The van der Waals surface area contributed by atoms with E-state index in [2.05, 4.69) is 5.32 Å². The van der Waals surface area contributed by atoms with Crippen molar-refractivity contribution in [2.75, 3.05) is 13.7 Å². The second-order valence-corrected chi connectivity index (χ2v) is 13.4. The standard InChI is InChI=1S/C40H36N2O10S/c1-24(43)50-23-31-34(40(47)48)42-38(46)36(49-2)39(42)53-37(31)41-32(44)21-33(45)52-35(28-11-7-4-8-12-28)29-15-13-26(14-16-29)27-17-19-30(20-18-27)51-22-25-9-5-3-6-10-25/h3-20,35-37,39H,21-23H2,1-2H3,(H,41,44)(H,47,48)/t35?,36-,37?,39-/m1/s1. The van der Waals surface area contributed by atoms with Gasteiger partial charge < -0.3 is 29.4 Å². The summed E-state index contributed by atoms with van der Waals surface area (Å²) in [5, 5.41) is 10.9. The summed E-state index contributed by atoms with van der Waals surface area (Å²) in [6.45, 7) is 1.12. The predicted molar refractivity (Wildman–Crippen MR) is 194 cm³/mol. The number of methoxy groups -OCH3 is 1. The summed E-state index contributed by atoms with van der Waals surface area (Å²) in [5.41, 5.74) is 3.91. The number of thioether (sulfide) groups is 1. The van der Waals surface area contributed by atoms with Gasteiger partial charge in [0.2, 0.25) is 5.91 Å². The topological polar surface area (TPSA) is 158 Å². The lowest BCUT2D eigenvalue weighted by Gasteiger charge is -2.50. The molecular weight excluding hydrogens is 701 g/mol. The van der Waals surface area contributed by atoms with Crippen LogP contribution >= 0.6 is 11.8 Å². The number of nitrogens with one attached hydrogen (secondary N) is 1. The molecule has 12 nitrogen and oxygen atoms in total. The molecule has 1 fully saturated rings. The number of esters is 2. The molecule has 13 heteroatoms. The van der Waals surface area contributed by atoms with Gasteiger partial charge in [-0.25, -0.2) is 4.79 Å². The van der Waals surface area contributed by atoms with Crippen LogP contribution in [0.25, 0.3) is 11.1 Å². The summed E-state index contributed by atoms with van der Waals surface area (Å²) in [4.78, 5) is 64.2. The number of carbonyl (C=O) groups excluding carboxylic acids is 4. The molecule has 2 N–H and O–H groups in total. The SMILES string of the molecule is CO[C@@H]1C(=O)N2C(C(=O)O)=C(COC(C)=O)C(NC(=O)CC(=O)OC(c3ccccc3)c3ccc(-c4ccc(OCc5ccccc5)cc4)cc3)S[C@H]12. The molecule has 0 saturated carbocycles. The van der Waals surface area contributed by atoms with Crippen LogP contribution in [-0.4, -0.2) is 70.3 Å². The maximum absolute atomic E-state index is 13.3. The van der Waals surface area contributed by atoms with Crippen molar-refractivity contribution >= 4 is 41.5 Å². The Morgan fingerprint density at radius 3 is 2.04 bits per heavy atom. The van der Waals surface area contributed by atoms with Gasteiger partial charge in [-0.3, -0.25) is 24.1 Å². The van der Waals surface area contributed by atoms with Gasteiger partial charge in [-0.15, -0.1) is 11.8 Å². The van der Waals surface area contributed by atoms with Crippen LogP contribution < -0.4 is 10.1 Å². The van der Waals surface area contributed by atoms with Gasteiger partial charge in [-0.05, 0) is 39.9 Å². The number of carboxylic acid groups (broad SMARTS) is 1. The van der Waals surface area contributed by atoms with E-state index in [-0.39, 0.29) is 5.57 Å². The van der Waals surface area contributed by atoms with E-state index < -0.39 is 71.4 Å². The summed E-state index contributed by atoms with van der Waals surface area (Å²) in [6.07, 6.45) is -2.47. The Hall–Kier alpha value is -5.92. The number of aliphatic carboxylic acids is 1. The number of amides is 2. The van der Waals surface area contributed by atoms with Crippen LogP contribution in [0.5, 0.6) is 5.75 Å². The van der Waals surface area contributed by atoms with E-state index in [4.69, 9.17) is 18.9 Å². The maximum Gasteiger partial charge on any atom is 0.352 e. The van der Waals surface area contributed by atoms with Crippen molar-refractivity contribution in [2.24, 2.45) is 0 Å². The molecule has 0 bridgehead atoms. The highest BCUT2D eigenvalue weighted by molar-refractivity contribution is 8.00. The monoisotopic (exact) mass is 736 g/mol. The molecule has 0 spiro atoms. The van der Waals surface area contributed by atoms with Gasteiger partial charge in [0.15, 0.2) is 12.2 Å². The second kappa shape index (κ2) is 16.6. The lowest BCUT2D eigenvalue weighted by Crippen LogP contribution is -2.67. The van der Waals surface area contributed by atoms with E-state index in [9.17, 15) is 29.1 Å². The Balaban J connectivity index is 1.14. The Morgan fingerprint density at radius 2 is 1.43 bits per heavy atom. The van der Waals surface area contributed by atoms with Gasteiger partial charge in [0, 0.05) is 19.6 Å². The average Bonchev–Trinajstić information content (AvgIpc) is 3.16. The van der Waals surface area contributed by atoms with E-state index in [0.717, 1.165) is 46.0 Å². The maximum atomic E-state index is 13.3. The predicted octanol–water partition coefficient (Wildman–Crippen LogP) is 5.23.